The molecule has 2 rings (SSSR count). The van der Waals surface area contributed by atoms with Crippen molar-refractivity contribution < 1.29 is 8.60 Å². The van der Waals surface area contributed by atoms with Crippen molar-refractivity contribution >= 4 is 28.1 Å². The molecule has 18 heavy (non-hydrogen) atoms. The Morgan fingerprint density at radius 1 is 1.39 bits per heavy atom. The maximum atomic E-state index is 13.6. The Morgan fingerprint density at radius 3 is 2.83 bits per heavy atom. The Morgan fingerprint density at radius 2 is 2.17 bits per heavy atom. The lowest BCUT2D eigenvalue weighted by Crippen LogP contribution is -2.02. The normalized spacial score (nSPS) is 12.3. The van der Waals surface area contributed by atoms with Crippen molar-refractivity contribution in [1.82, 2.24) is 4.98 Å². The van der Waals surface area contributed by atoms with Crippen LogP contribution in [0.4, 0.5) is 10.1 Å². The standard InChI is InChI=1S/C12H10ClFN2OS/c13-9-2-1-8(10(14)5-9)7-18(17)12-3-4-16-6-11(12)15/h1-6H,7,15H2. The van der Waals surface area contributed by atoms with Crippen LogP contribution in [0.1, 0.15) is 5.56 Å². The molecule has 2 aromatic rings. The van der Waals surface area contributed by atoms with Crippen LogP contribution in [0.3, 0.4) is 0 Å². The Bertz CT molecular complexity index is 606. The SMILES string of the molecule is Nc1cnccc1S(=O)Cc1ccc(Cl)cc1F. The van der Waals surface area contributed by atoms with Crippen LogP contribution in [0, 0.1) is 5.82 Å². The Hall–Kier alpha value is -1.46. The Kier molecular flexibility index (Phi) is 3.93. The van der Waals surface area contributed by atoms with Gasteiger partial charge in [0.15, 0.2) is 0 Å². The van der Waals surface area contributed by atoms with Gasteiger partial charge in [-0.25, -0.2) is 4.39 Å². The van der Waals surface area contributed by atoms with Gasteiger partial charge in [-0.05, 0) is 18.2 Å². The van der Waals surface area contributed by atoms with Crippen molar-refractivity contribution in [2.24, 2.45) is 0 Å². The van der Waals surface area contributed by atoms with Gasteiger partial charge >= 0.3 is 0 Å². The summed E-state index contributed by atoms with van der Waals surface area (Å²) in [6, 6.07) is 5.85. The van der Waals surface area contributed by atoms with Gasteiger partial charge in [-0.1, -0.05) is 17.7 Å². The molecule has 0 spiro atoms. The van der Waals surface area contributed by atoms with Gasteiger partial charge in [0.05, 0.1) is 33.3 Å². The highest BCUT2D eigenvalue weighted by molar-refractivity contribution is 7.84. The first-order valence-corrected chi connectivity index (χ1v) is 6.79. The topological polar surface area (TPSA) is 56.0 Å². The predicted molar refractivity (Wildman–Crippen MR) is 70.2 cm³/mol. The molecule has 0 fully saturated rings. The largest absolute Gasteiger partial charge is 0.396 e. The molecule has 1 atom stereocenters. The number of nitrogens with zero attached hydrogens (tertiary/aromatic N) is 1. The monoisotopic (exact) mass is 284 g/mol. The summed E-state index contributed by atoms with van der Waals surface area (Å²) in [7, 11) is -1.41. The van der Waals surface area contributed by atoms with Crippen molar-refractivity contribution in [3.05, 3.63) is 53.1 Å². The van der Waals surface area contributed by atoms with E-state index in [-0.39, 0.29) is 5.75 Å². The molecule has 1 heterocycles. The molecule has 0 radical (unpaired) electrons. The highest BCUT2D eigenvalue weighted by atomic mass is 35.5. The molecule has 1 unspecified atom stereocenters. The number of benzene rings is 1. The lowest BCUT2D eigenvalue weighted by atomic mass is 10.2. The molecule has 0 saturated carbocycles. The minimum absolute atomic E-state index is 0.0528. The van der Waals surface area contributed by atoms with E-state index in [1.165, 1.54) is 24.5 Å². The van der Waals surface area contributed by atoms with Gasteiger partial charge < -0.3 is 5.73 Å². The summed E-state index contributed by atoms with van der Waals surface area (Å²) in [6.45, 7) is 0. The number of nitrogen functional groups attached to an aromatic ring is 1. The summed E-state index contributed by atoms with van der Waals surface area (Å²) in [4.78, 5) is 4.27. The highest BCUT2D eigenvalue weighted by Gasteiger charge is 2.11. The summed E-state index contributed by atoms with van der Waals surface area (Å²) < 4.78 is 25.6. The molecule has 0 amide bonds. The second-order valence-corrected chi connectivity index (χ2v) is 5.50. The van der Waals surface area contributed by atoms with Gasteiger partial charge in [0, 0.05) is 16.8 Å². The third kappa shape index (κ3) is 2.86. The van der Waals surface area contributed by atoms with Crippen LogP contribution in [-0.2, 0) is 16.6 Å². The van der Waals surface area contributed by atoms with Crippen molar-refractivity contribution in [2.75, 3.05) is 5.73 Å². The number of rotatable bonds is 3. The smallest absolute Gasteiger partial charge is 0.128 e. The molecule has 0 aliphatic rings. The summed E-state index contributed by atoms with van der Waals surface area (Å²) in [5.41, 5.74) is 6.35. The highest BCUT2D eigenvalue weighted by Crippen LogP contribution is 2.21. The van der Waals surface area contributed by atoms with Crippen LogP contribution < -0.4 is 5.73 Å². The third-order valence-electron chi connectivity index (χ3n) is 2.36. The summed E-state index contributed by atoms with van der Waals surface area (Å²) >= 11 is 5.65. The Labute approximate surface area is 111 Å². The number of hydrogen-bond donors (Lipinski definition) is 1. The molecule has 0 aliphatic carbocycles. The minimum Gasteiger partial charge on any atom is -0.396 e. The quantitative estimate of drug-likeness (QED) is 0.943. The van der Waals surface area contributed by atoms with E-state index in [0.29, 0.717) is 21.2 Å². The fourth-order valence-electron chi connectivity index (χ4n) is 1.46. The molecule has 3 nitrogen and oxygen atoms in total. The maximum absolute atomic E-state index is 13.6. The number of halogens is 2. The van der Waals surface area contributed by atoms with Crippen molar-refractivity contribution in [1.29, 1.82) is 0 Å². The van der Waals surface area contributed by atoms with Gasteiger partial charge in [-0.3, -0.25) is 9.19 Å². The van der Waals surface area contributed by atoms with Crippen LogP contribution in [0.5, 0.6) is 0 Å². The van der Waals surface area contributed by atoms with E-state index >= 15 is 0 Å². The maximum Gasteiger partial charge on any atom is 0.128 e. The molecular formula is C12H10ClFN2OS. The van der Waals surface area contributed by atoms with E-state index in [1.807, 2.05) is 0 Å². The molecular weight excluding hydrogens is 275 g/mol. The summed E-state index contributed by atoms with van der Waals surface area (Å²) in [6.07, 6.45) is 2.92. The van der Waals surface area contributed by atoms with Crippen LogP contribution in [0.25, 0.3) is 0 Å². The van der Waals surface area contributed by atoms with E-state index in [4.69, 9.17) is 17.3 Å². The Balaban J connectivity index is 2.24. The van der Waals surface area contributed by atoms with E-state index in [2.05, 4.69) is 4.98 Å². The van der Waals surface area contributed by atoms with Gasteiger partial charge in [0.2, 0.25) is 0 Å². The van der Waals surface area contributed by atoms with Crippen molar-refractivity contribution in [3.63, 3.8) is 0 Å². The van der Waals surface area contributed by atoms with Gasteiger partial charge in [-0.2, -0.15) is 0 Å². The first kappa shape index (κ1) is 13.0. The zero-order chi connectivity index (χ0) is 13.1. The lowest BCUT2D eigenvalue weighted by molar-refractivity contribution is 0.615. The zero-order valence-electron chi connectivity index (χ0n) is 9.27. The molecule has 0 saturated heterocycles. The number of pyridine rings is 1. The van der Waals surface area contributed by atoms with E-state index < -0.39 is 16.6 Å². The minimum atomic E-state index is -1.41. The fraction of sp³-hybridized carbons (Fsp3) is 0.0833. The molecule has 6 heteroatoms. The molecule has 1 aromatic carbocycles. The number of anilines is 1. The molecule has 2 N–H and O–H groups in total. The number of aromatic nitrogens is 1. The third-order valence-corrected chi connectivity index (χ3v) is 4.03. The molecule has 94 valence electrons. The first-order valence-electron chi connectivity index (χ1n) is 5.09. The van der Waals surface area contributed by atoms with Crippen LogP contribution in [-0.4, -0.2) is 9.19 Å². The van der Waals surface area contributed by atoms with Crippen molar-refractivity contribution in [3.8, 4) is 0 Å². The van der Waals surface area contributed by atoms with E-state index in [9.17, 15) is 8.60 Å². The number of nitrogens with two attached hydrogens (primary N) is 1. The summed E-state index contributed by atoms with van der Waals surface area (Å²) in [5.74, 6) is -0.416. The first-order chi connectivity index (χ1) is 8.58. The second kappa shape index (κ2) is 5.46. The zero-order valence-corrected chi connectivity index (χ0v) is 10.8. The van der Waals surface area contributed by atoms with Crippen LogP contribution >= 0.6 is 11.6 Å². The molecule has 0 aliphatic heterocycles. The lowest BCUT2D eigenvalue weighted by Gasteiger charge is -2.06. The average molecular weight is 285 g/mol. The molecule has 1 aromatic heterocycles. The second-order valence-electron chi connectivity index (χ2n) is 3.64. The van der Waals surface area contributed by atoms with Gasteiger partial charge in [0.25, 0.3) is 0 Å². The van der Waals surface area contributed by atoms with E-state index in [1.54, 1.807) is 12.1 Å². The van der Waals surface area contributed by atoms with Crippen LogP contribution in [0.15, 0.2) is 41.6 Å². The number of hydrogen-bond acceptors (Lipinski definition) is 3. The average Bonchev–Trinajstić information content (AvgIpc) is 2.33. The fourth-order valence-corrected chi connectivity index (χ4v) is 2.82. The predicted octanol–water partition coefficient (Wildman–Crippen LogP) is 2.76. The van der Waals surface area contributed by atoms with E-state index in [0.717, 1.165) is 0 Å². The van der Waals surface area contributed by atoms with Crippen molar-refractivity contribution in [2.45, 2.75) is 10.6 Å². The van der Waals surface area contributed by atoms with Crippen LogP contribution in [0.2, 0.25) is 5.02 Å². The van der Waals surface area contributed by atoms with Gasteiger partial charge in [-0.15, -0.1) is 0 Å². The molecule has 0 bridgehead atoms. The van der Waals surface area contributed by atoms with Gasteiger partial charge in [0.1, 0.15) is 5.82 Å². The summed E-state index contributed by atoms with van der Waals surface area (Å²) in [5, 5.41) is 0.311.